The van der Waals surface area contributed by atoms with E-state index in [0.29, 0.717) is 12.8 Å². The van der Waals surface area contributed by atoms with E-state index in [2.05, 4.69) is 31.3 Å². The second-order valence-electron chi connectivity index (χ2n) is 16.3. The molecule has 0 radical (unpaired) electrons. The minimum Gasteiger partial charge on any atom is -0.480 e. The number of carboxylic acid groups (broad SMARTS) is 1. The Bertz CT molecular complexity index is 1040. The minimum atomic E-state index is -4.75. The minimum absolute atomic E-state index is 0.151. The van der Waals surface area contributed by atoms with Crippen molar-refractivity contribution in [1.82, 2.24) is 5.32 Å². The van der Waals surface area contributed by atoms with Crippen molar-refractivity contribution in [2.45, 2.75) is 244 Å². The molecule has 0 spiro atoms. The molecule has 0 aromatic heterocycles. The van der Waals surface area contributed by atoms with Crippen molar-refractivity contribution < 1.29 is 47.8 Å². The average Bonchev–Trinajstić information content (AvgIpc) is 3.20. The Balaban J connectivity index is 3.85. The molecule has 0 heterocycles. The Morgan fingerprint density at radius 3 is 1.31 bits per heavy atom. The van der Waals surface area contributed by atoms with Crippen molar-refractivity contribution >= 4 is 25.7 Å². The van der Waals surface area contributed by atoms with E-state index in [0.717, 1.165) is 57.8 Å². The fraction of sp³-hybridized carbons (Fsp3) is 0.891. The number of phosphoric ester groups is 1. The highest BCUT2D eigenvalue weighted by Crippen LogP contribution is 2.43. The van der Waals surface area contributed by atoms with E-state index in [-0.39, 0.29) is 12.8 Å². The maximum atomic E-state index is 12.3. The summed E-state index contributed by atoms with van der Waals surface area (Å²) in [5, 5.41) is 21.9. The van der Waals surface area contributed by atoms with Crippen molar-refractivity contribution in [3.63, 3.8) is 0 Å². The van der Waals surface area contributed by atoms with Crippen molar-refractivity contribution in [2.75, 3.05) is 19.8 Å². The number of carbonyl (C=O) groups excluding carboxylic acids is 2. The second kappa shape index (κ2) is 41.9. The highest BCUT2D eigenvalue weighted by atomic mass is 31.2. The van der Waals surface area contributed by atoms with Crippen LogP contribution in [-0.2, 0) is 32.7 Å². The first-order valence-corrected chi connectivity index (χ1v) is 25.2. The predicted molar refractivity (Wildman–Crippen MR) is 236 cm³/mol. The van der Waals surface area contributed by atoms with Gasteiger partial charge in [-0.25, -0.2) is 9.36 Å². The number of phosphoric acid groups is 1. The summed E-state index contributed by atoms with van der Waals surface area (Å²) in [7, 11) is -4.75. The molecule has 58 heavy (non-hydrogen) atoms. The lowest BCUT2D eigenvalue weighted by atomic mass is 10.0. The Kier molecular flexibility index (Phi) is 40.6. The lowest BCUT2D eigenvalue weighted by Gasteiger charge is -2.18. The van der Waals surface area contributed by atoms with E-state index in [1.165, 1.54) is 135 Å². The van der Waals surface area contributed by atoms with E-state index in [1.807, 2.05) is 0 Å². The molecule has 1 amide bonds. The first-order valence-electron chi connectivity index (χ1n) is 23.7. The van der Waals surface area contributed by atoms with Gasteiger partial charge in [-0.2, -0.15) is 0 Å². The number of aliphatic hydroxyl groups is 1. The number of nitrogens with one attached hydrogen (secondary N) is 1. The summed E-state index contributed by atoms with van der Waals surface area (Å²) in [5.74, 6) is -2.36. The third-order valence-electron chi connectivity index (χ3n) is 10.6. The van der Waals surface area contributed by atoms with E-state index in [4.69, 9.17) is 13.8 Å². The van der Waals surface area contributed by atoms with Gasteiger partial charge in [-0.15, -0.1) is 0 Å². The predicted octanol–water partition coefficient (Wildman–Crippen LogP) is 12.5. The molecule has 0 aromatic carbocycles. The van der Waals surface area contributed by atoms with Gasteiger partial charge in [0, 0.05) is 12.8 Å². The van der Waals surface area contributed by atoms with Gasteiger partial charge in [-0.05, 0) is 38.5 Å². The number of ether oxygens (including phenoxy) is 1. The first-order chi connectivity index (χ1) is 28.1. The fourth-order valence-corrected chi connectivity index (χ4v) is 7.61. The molecule has 0 saturated carbocycles. The third-order valence-corrected chi connectivity index (χ3v) is 11.5. The van der Waals surface area contributed by atoms with Gasteiger partial charge < -0.3 is 25.2 Å². The number of carboxylic acids is 1. The monoisotopic (exact) mass is 846 g/mol. The number of unbranched alkanes of at least 4 members (excludes halogenated alkanes) is 29. The van der Waals surface area contributed by atoms with Crippen LogP contribution in [0.5, 0.6) is 0 Å². The van der Waals surface area contributed by atoms with Crippen LogP contribution in [0.3, 0.4) is 0 Å². The SMILES string of the molecule is CCCCCCCCC/C=C\CCCCCCCC(=O)OCC(O)COP(=O)(O)OCC(NC(=O)CCCCCCCCCCCCCCCCCCCC)C(=O)O. The number of carbonyl (C=O) groups is 3. The van der Waals surface area contributed by atoms with Gasteiger partial charge in [-0.1, -0.05) is 193 Å². The van der Waals surface area contributed by atoms with Crippen LogP contribution in [0.15, 0.2) is 12.2 Å². The topological polar surface area (TPSA) is 169 Å². The fourth-order valence-electron chi connectivity index (χ4n) is 6.84. The van der Waals surface area contributed by atoms with E-state index in [9.17, 15) is 34.1 Å². The molecule has 3 atom stereocenters. The van der Waals surface area contributed by atoms with Gasteiger partial charge in [-0.3, -0.25) is 18.6 Å². The summed E-state index contributed by atoms with van der Waals surface area (Å²) in [6.07, 6.45) is 42.3. The van der Waals surface area contributed by atoms with Crippen LogP contribution in [0.4, 0.5) is 0 Å². The van der Waals surface area contributed by atoms with Crippen LogP contribution >= 0.6 is 7.82 Å². The molecule has 0 saturated heterocycles. The van der Waals surface area contributed by atoms with Crippen LogP contribution in [0, 0.1) is 0 Å². The molecule has 4 N–H and O–H groups in total. The molecular weight excluding hydrogens is 757 g/mol. The molecule has 0 aliphatic heterocycles. The van der Waals surface area contributed by atoms with Crippen LogP contribution in [0.1, 0.15) is 232 Å². The van der Waals surface area contributed by atoms with Crippen molar-refractivity contribution in [3.8, 4) is 0 Å². The number of hydrogen-bond donors (Lipinski definition) is 4. The average molecular weight is 846 g/mol. The summed E-state index contributed by atoms with van der Waals surface area (Å²) in [6, 6.07) is -1.54. The number of esters is 1. The molecule has 11 nitrogen and oxygen atoms in total. The lowest BCUT2D eigenvalue weighted by Crippen LogP contribution is -2.43. The third kappa shape index (κ3) is 41.0. The number of allylic oxidation sites excluding steroid dienone is 2. The van der Waals surface area contributed by atoms with Gasteiger partial charge >= 0.3 is 19.8 Å². The molecule has 0 bridgehead atoms. The largest absolute Gasteiger partial charge is 0.480 e. The molecule has 0 rings (SSSR count). The van der Waals surface area contributed by atoms with Crippen LogP contribution in [-0.4, -0.2) is 64.9 Å². The highest BCUT2D eigenvalue weighted by molar-refractivity contribution is 7.47. The second-order valence-corrected chi connectivity index (χ2v) is 17.8. The number of aliphatic carboxylic acids is 1. The maximum absolute atomic E-state index is 12.3. The summed E-state index contributed by atoms with van der Waals surface area (Å²) in [5.41, 5.74) is 0. The number of hydrogen-bond acceptors (Lipinski definition) is 8. The summed E-state index contributed by atoms with van der Waals surface area (Å²) in [6.45, 7) is 2.62. The zero-order valence-corrected chi connectivity index (χ0v) is 38.0. The standard InChI is InChI=1S/C46H88NO10P/c1-3-5-7-9-11-13-15-17-19-21-22-23-25-27-29-31-33-35-37-44(49)47-43(46(51)52)41-57-58(53,54)56-40-42(48)39-55-45(50)38-36-34-32-30-28-26-24-20-18-16-14-12-10-8-6-4-2/h20,24,42-43,48H,3-19,21-23,25-41H2,1-2H3,(H,47,49)(H,51,52)(H,53,54)/b24-20-. The summed E-state index contributed by atoms with van der Waals surface area (Å²) < 4.78 is 26.9. The van der Waals surface area contributed by atoms with E-state index < -0.39 is 57.6 Å². The van der Waals surface area contributed by atoms with Gasteiger partial charge in [0.05, 0.1) is 13.2 Å². The molecule has 12 heteroatoms. The number of amides is 1. The van der Waals surface area contributed by atoms with Gasteiger partial charge in [0.15, 0.2) is 6.04 Å². The highest BCUT2D eigenvalue weighted by Gasteiger charge is 2.28. The first kappa shape index (κ1) is 56.2. The Morgan fingerprint density at radius 1 is 0.534 bits per heavy atom. The lowest BCUT2D eigenvalue weighted by molar-refractivity contribution is -0.147. The van der Waals surface area contributed by atoms with E-state index in [1.54, 1.807) is 0 Å². The quantitative estimate of drug-likeness (QED) is 0.0200. The number of rotatable bonds is 45. The summed E-state index contributed by atoms with van der Waals surface area (Å²) in [4.78, 5) is 46.0. The zero-order valence-electron chi connectivity index (χ0n) is 37.1. The van der Waals surface area contributed by atoms with Gasteiger partial charge in [0.25, 0.3) is 0 Å². The molecule has 342 valence electrons. The van der Waals surface area contributed by atoms with Gasteiger partial charge in [0.1, 0.15) is 12.7 Å². The molecule has 0 fully saturated rings. The Hall–Kier alpha value is -1.78. The Morgan fingerprint density at radius 2 is 0.897 bits per heavy atom. The molecule has 0 aliphatic carbocycles. The maximum Gasteiger partial charge on any atom is 0.472 e. The van der Waals surface area contributed by atoms with Crippen molar-refractivity contribution in [1.29, 1.82) is 0 Å². The van der Waals surface area contributed by atoms with Crippen LogP contribution < -0.4 is 5.32 Å². The molecular formula is C46H88NO10P. The van der Waals surface area contributed by atoms with Gasteiger partial charge in [0.2, 0.25) is 5.91 Å². The zero-order chi connectivity index (χ0) is 42.8. The number of aliphatic hydroxyl groups excluding tert-OH is 1. The van der Waals surface area contributed by atoms with Crippen molar-refractivity contribution in [3.05, 3.63) is 12.2 Å². The molecule has 0 aromatic rings. The van der Waals surface area contributed by atoms with E-state index >= 15 is 0 Å². The Labute approximate surface area is 354 Å². The normalized spacial score (nSPS) is 13.7. The van der Waals surface area contributed by atoms with Crippen LogP contribution in [0.2, 0.25) is 0 Å². The smallest absolute Gasteiger partial charge is 0.472 e. The van der Waals surface area contributed by atoms with Crippen molar-refractivity contribution in [2.24, 2.45) is 0 Å². The molecule has 0 aliphatic rings. The van der Waals surface area contributed by atoms with Crippen LogP contribution in [0.25, 0.3) is 0 Å². The summed E-state index contributed by atoms with van der Waals surface area (Å²) >= 11 is 0. The molecule has 3 unspecified atom stereocenters.